The van der Waals surface area contributed by atoms with Crippen molar-refractivity contribution in [2.75, 3.05) is 18.0 Å². The van der Waals surface area contributed by atoms with Gasteiger partial charge in [-0.2, -0.15) is 0 Å². The minimum Gasteiger partial charge on any atom is -0.330 e. The van der Waals surface area contributed by atoms with Crippen LogP contribution in [0.5, 0.6) is 0 Å². The van der Waals surface area contributed by atoms with Crippen LogP contribution in [0.3, 0.4) is 0 Å². The number of hydrogen-bond donors (Lipinski definition) is 1. The van der Waals surface area contributed by atoms with E-state index in [0.717, 1.165) is 18.2 Å². The first kappa shape index (κ1) is 18.6. The molecule has 0 atom stereocenters. The highest BCUT2D eigenvalue weighted by atomic mass is 35.5. The Hall–Kier alpha value is -1.14. The van der Waals surface area contributed by atoms with Gasteiger partial charge in [-0.3, -0.25) is 9.69 Å². The van der Waals surface area contributed by atoms with Crippen molar-refractivity contribution in [3.63, 3.8) is 0 Å². The van der Waals surface area contributed by atoms with E-state index in [1.165, 1.54) is 44.2 Å². The van der Waals surface area contributed by atoms with Crippen LogP contribution in [0.1, 0.15) is 32.4 Å². The predicted molar refractivity (Wildman–Crippen MR) is 104 cm³/mol. The average Bonchev–Trinajstić information content (AvgIpc) is 3.01. The number of piperidine rings is 1. The van der Waals surface area contributed by atoms with Crippen molar-refractivity contribution in [3.8, 4) is 0 Å². The lowest BCUT2D eigenvalue weighted by molar-refractivity contribution is -0.920. The first-order chi connectivity index (χ1) is 11.9. The van der Waals surface area contributed by atoms with Gasteiger partial charge in [-0.1, -0.05) is 30.1 Å². The number of anilines is 2. The minimum atomic E-state index is -0.0987. The number of likely N-dealkylation sites (tertiary alicyclic amines) is 1. The van der Waals surface area contributed by atoms with Crippen molar-refractivity contribution in [1.82, 2.24) is 4.98 Å². The summed E-state index contributed by atoms with van der Waals surface area (Å²) >= 11 is 13.6. The zero-order chi connectivity index (χ0) is 18.0. The number of nitrogens with one attached hydrogen (secondary N) is 1. The number of rotatable bonds is 4. The number of amides is 1. The van der Waals surface area contributed by atoms with Crippen molar-refractivity contribution >= 4 is 51.3 Å². The summed E-state index contributed by atoms with van der Waals surface area (Å²) < 4.78 is 0. The number of benzene rings is 1. The molecule has 0 aliphatic carbocycles. The fourth-order valence-corrected chi connectivity index (χ4v) is 4.31. The van der Waals surface area contributed by atoms with Gasteiger partial charge in [0.1, 0.15) is 12.2 Å². The van der Waals surface area contributed by atoms with Gasteiger partial charge in [-0.05, 0) is 37.0 Å². The summed E-state index contributed by atoms with van der Waals surface area (Å²) in [6, 6.07) is 5.18. The Morgan fingerprint density at radius 2 is 2.04 bits per heavy atom. The maximum absolute atomic E-state index is 12.2. The molecule has 0 spiro atoms. The van der Waals surface area contributed by atoms with E-state index in [1.807, 2.05) is 5.38 Å². The molecule has 0 unspecified atom stereocenters. The molecule has 1 amide bonds. The Balaban J connectivity index is 1.78. The summed E-state index contributed by atoms with van der Waals surface area (Å²) in [6.45, 7) is 7.14. The van der Waals surface area contributed by atoms with Gasteiger partial charge in [0.25, 0.3) is 0 Å². The van der Waals surface area contributed by atoms with Gasteiger partial charge >= 0.3 is 0 Å². The highest BCUT2D eigenvalue weighted by molar-refractivity contribution is 7.14. The zero-order valence-electron chi connectivity index (χ0n) is 14.4. The molecule has 1 aliphatic rings. The Bertz CT molecular complexity index is 757. The number of hydrogen-bond acceptors (Lipinski definition) is 3. The number of halogens is 2. The predicted octanol–water partition coefficient (Wildman–Crippen LogP) is 3.95. The van der Waals surface area contributed by atoms with Crippen LogP contribution in [-0.4, -0.2) is 24.0 Å². The van der Waals surface area contributed by atoms with Gasteiger partial charge in [-0.25, -0.2) is 4.98 Å². The van der Waals surface area contributed by atoms with E-state index in [0.29, 0.717) is 20.9 Å². The Labute approximate surface area is 162 Å². The number of nitrogens with zero attached hydrogens (tertiary/aromatic N) is 2. The molecule has 1 aliphatic heterocycles. The van der Waals surface area contributed by atoms with Crippen LogP contribution in [-0.2, 0) is 11.3 Å². The molecule has 3 rings (SSSR count). The van der Waals surface area contributed by atoms with Gasteiger partial charge in [-0.15, -0.1) is 11.3 Å². The summed E-state index contributed by atoms with van der Waals surface area (Å²) in [6.07, 6.45) is 2.55. The molecule has 2 heterocycles. The van der Waals surface area contributed by atoms with Gasteiger partial charge in [0.05, 0.1) is 28.8 Å². The molecule has 0 bridgehead atoms. The van der Waals surface area contributed by atoms with Crippen molar-refractivity contribution < 1.29 is 9.69 Å². The average molecular weight is 399 g/mol. The van der Waals surface area contributed by atoms with E-state index >= 15 is 0 Å². The van der Waals surface area contributed by atoms with Crippen LogP contribution in [0.25, 0.3) is 0 Å². The summed E-state index contributed by atoms with van der Waals surface area (Å²) in [4.78, 5) is 20.0. The van der Waals surface area contributed by atoms with E-state index in [9.17, 15) is 4.79 Å². The summed E-state index contributed by atoms with van der Waals surface area (Å²) in [5.41, 5.74) is 1.72. The van der Waals surface area contributed by atoms with Crippen LogP contribution >= 0.6 is 34.5 Å². The van der Waals surface area contributed by atoms with Gasteiger partial charge in [0.15, 0.2) is 5.13 Å². The van der Waals surface area contributed by atoms with Crippen LogP contribution in [0.4, 0.5) is 10.8 Å². The quantitative estimate of drug-likeness (QED) is 0.846. The lowest BCUT2D eigenvalue weighted by atomic mass is 9.99. The first-order valence-corrected chi connectivity index (χ1v) is 10.1. The Morgan fingerprint density at radius 3 is 2.68 bits per heavy atom. The first-order valence-electron chi connectivity index (χ1n) is 8.47. The molecule has 2 aromatic rings. The van der Waals surface area contributed by atoms with Crippen molar-refractivity contribution in [2.24, 2.45) is 5.92 Å². The summed E-state index contributed by atoms with van der Waals surface area (Å²) in [7, 11) is 0. The van der Waals surface area contributed by atoms with Crippen LogP contribution < -0.4 is 9.80 Å². The number of thiazole rings is 1. The zero-order valence-corrected chi connectivity index (χ0v) is 16.7. The molecule has 7 heteroatoms. The van der Waals surface area contributed by atoms with Crippen LogP contribution in [0.15, 0.2) is 23.6 Å². The second-order valence-electron chi connectivity index (χ2n) is 6.68. The Kier molecular flexibility index (Phi) is 6.00. The van der Waals surface area contributed by atoms with Crippen molar-refractivity contribution in [2.45, 2.75) is 33.2 Å². The third kappa shape index (κ3) is 4.53. The molecule has 1 aromatic heterocycles. The lowest BCUT2D eigenvalue weighted by Gasteiger charge is -2.26. The number of aromatic nitrogens is 1. The Morgan fingerprint density at radius 1 is 1.32 bits per heavy atom. The molecule has 134 valence electrons. The third-order valence-corrected chi connectivity index (χ3v) is 6.23. The summed E-state index contributed by atoms with van der Waals surface area (Å²) in [5, 5.41) is 3.62. The van der Waals surface area contributed by atoms with Crippen molar-refractivity contribution in [1.29, 1.82) is 0 Å². The van der Waals surface area contributed by atoms with Gasteiger partial charge in [0.2, 0.25) is 5.91 Å². The molecular weight excluding hydrogens is 377 g/mol. The molecule has 4 nitrogen and oxygen atoms in total. The number of quaternary nitrogens is 1. The molecule has 1 saturated heterocycles. The minimum absolute atomic E-state index is 0.0987. The van der Waals surface area contributed by atoms with Gasteiger partial charge < -0.3 is 4.90 Å². The fourth-order valence-electron chi connectivity index (χ4n) is 3.13. The number of carbonyl (C=O) groups is 1. The second kappa shape index (κ2) is 8.04. The lowest BCUT2D eigenvalue weighted by Crippen LogP contribution is -3.11. The maximum atomic E-state index is 12.2. The monoisotopic (exact) mass is 398 g/mol. The smallest absolute Gasteiger partial charge is 0.230 e. The molecule has 1 fully saturated rings. The number of carbonyl (C=O) groups excluding carboxylic acids is 1. The SMILES string of the molecule is CC(=O)N(c1ccc(Cl)c(Cl)c1)c1nc(C[NH+]2CCC(C)CC2)cs1. The van der Waals surface area contributed by atoms with Crippen LogP contribution in [0.2, 0.25) is 10.0 Å². The van der Waals surface area contributed by atoms with E-state index in [2.05, 4.69) is 6.92 Å². The van der Waals surface area contributed by atoms with E-state index in [1.54, 1.807) is 28.0 Å². The van der Waals surface area contributed by atoms with Crippen LogP contribution in [0, 0.1) is 5.92 Å². The van der Waals surface area contributed by atoms with Crippen molar-refractivity contribution in [3.05, 3.63) is 39.3 Å². The topological polar surface area (TPSA) is 37.6 Å². The molecule has 25 heavy (non-hydrogen) atoms. The highest BCUT2D eigenvalue weighted by Crippen LogP contribution is 2.33. The molecular formula is C18H22Cl2N3OS+. The fraction of sp³-hybridized carbons (Fsp3) is 0.444. The van der Waals surface area contributed by atoms with E-state index < -0.39 is 0 Å². The molecule has 0 radical (unpaired) electrons. The normalized spacial score (nSPS) is 20.5. The summed E-state index contributed by atoms with van der Waals surface area (Å²) in [5.74, 6) is 0.732. The molecule has 1 N–H and O–H groups in total. The second-order valence-corrected chi connectivity index (χ2v) is 8.33. The third-order valence-electron chi connectivity index (χ3n) is 4.62. The highest BCUT2D eigenvalue weighted by Gasteiger charge is 2.22. The van der Waals surface area contributed by atoms with E-state index in [-0.39, 0.29) is 5.91 Å². The standard InChI is InChI=1S/C18H21Cl2N3OS/c1-12-5-7-22(8-6-12)10-14-11-25-18(21-14)23(13(2)24)15-3-4-16(19)17(20)9-15/h3-4,9,11-12H,5-8,10H2,1-2H3/p+1. The maximum Gasteiger partial charge on any atom is 0.230 e. The van der Waals surface area contributed by atoms with E-state index in [4.69, 9.17) is 28.2 Å². The molecule has 1 aromatic carbocycles. The van der Waals surface area contributed by atoms with Gasteiger partial charge in [0, 0.05) is 12.3 Å². The molecule has 0 saturated carbocycles. The largest absolute Gasteiger partial charge is 0.330 e.